The zero-order valence-electron chi connectivity index (χ0n) is 5.95. The van der Waals surface area contributed by atoms with Gasteiger partial charge in [-0.3, -0.25) is 0 Å². The first kappa shape index (κ1) is 6.24. The molecule has 0 radical (unpaired) electrons. The molecule has 56 valence electrons. The van der Waals surface area contributed by atoms with Crippen LogP contribution in [-0.4, -0.2) is 21.5 Å². The van der Waals surface area contributed by atoms with Crippen molar-refractivity contribution in [3.05, 3.63) is 0 Å². The lowest BCUT2D eigenvalue weighted by Crippen LogP contribution is -2.17. The second-order valence-electron chi connectivity index (χ2n) is 3.66. The topological polar surface area (TPSA) is 0 Å². The largest absolute Gasteiger partial charge is 0.156 e. The van der Waals surface area contributed by atoms with Gasteiger partial charge in [-0.1, -0.05) is 0 Å². The molecule has 2 saturated heterocycles. The van der Waals surface area contributed by atoms with E-state index >= 15 is 0 Å². The van der Waals surface area contributed by atoms with E-state index in [4.69, 9.17) is 0 Å². The summed E-state index contributed by atoms with van der Waals surface area (Å²) in [4.78, 5) is 0. The second kappa shape index (κ2) is 2.10. The monoisotopic (exact) mass is 172 g/mol. The van der Waals surface area contributed by atoms with Crippen molar-refractivity contribution < 1.29 is 0 Å². The molecule has 0 spiro atoms. The molecule has 0 aromatic carbocycles. The highest BCUT2D eigenvalue weighted by Gasteiger charge is 2.47. The Bertz CT molecular complexity index is 153. The van der Waals surface area contributed by atoms with Crippen LogP contribution in [-0.2, 0) is 0 Å². The van der Waals surface area contributed by atoms with E-state index in [-0.39, 0.29) is 0 Å². The van der Waals surface area contributed by atoms with Crippen LogP contribution in [0.25, 0.3) is 0 Å². The van der Waals surface area contributed by atoms with Crippen LogP contribution < -0.4 is 0 Å². The molecule has 3 rings (SSSR count). The van der Waals surface area contributed by atoms with E-state index < -0.39 is 0 Å². The van der Waals surface area contributed by atoms with Gasteiger partial charge in [0.2, 0.25) is 0 Å². The maximum Gasteiger partial charge on any atom is 0.0172 e. The fourth-order valence-corrected chi connectivity index (χ4v) is 4.24. The number of hydrogen-bond acceptors (Lipinski definition) is 2. The molecule has 3 fully saturated rings. The van der Waals surface area contributed by atoms with Crippen molar-refractivity contribution in [2.24, 2.45) is 5.92 Å². The van der Waals surface area contributed by atoms with Crippen molar-refractivity contribution in [3.63, 3.8) is 0 Å². The SMILES string of the molecule is C1CC2SC2CC1C1CS1. The van der Waals surface area contributed by atoms with E-state index in [0.29, 0.717) is 0 Å². The van der Waals surface area contributed by atoms with Gasteiger partial charge in [-0.15, -0.1) is 0 Å². The highest BCUT2D eigenvalue weighted by Crippen LogP contribution is 2.56. The predicted octanol–water partition coefficient (Wildman–Crippen LogP) is 2.39. The van der Waals surface area contributed by atoms with Crippen LogP contribution in [0.1, 0.15) is 19.3 Å². The average Bonchev–Trinajstić information content (AvgIpc) is 2.83. The van der Waals surface area contributed by atoms with Crippen molar-refractivity contribution in [1.82, 2.24) is 0 Å². The van der Waals surface area contributed by atoms with E-state index in [2.05, 4.69) is 23.5 Å². The third-order valence-corrected chi connectivity index (χ3v) is 5.50. The van der Waals surface area contributed by atoms with Gasteiger partial charge in [-0.05, 0) is 25.2 Å². The molecular weight excluding hydrogens is 160 g/mol. The molecule has 4 atom stereocenters. The highest BCUT2D eigenvalue weighted by atomic mass is 32.2. The second-order valence-corrected chi connectivity index (χ2v) is 6.41. The number of rotatable bonds is 1. The van der Waals surface area contributed by atoms with Gasteiger partial charge >= 0.3 is 0 Å². The van der Waals surface area contributed by atoms with Gasteiger partial charge in [0.15, 0.2) is 0 Å². The van der Waals surface area contributed by atoms with E-state index in [1.54, 1.807) is 12.8 Å². The molecule has 2 aliphatic heterocycles. The van der Waals surface area contributed by atoms with Crippen LogP contribution in [0.3, 0.4) is 0 Å². The fourth-order valence-electron chi connectivity index (χ4n) is 2.10. The van der Waals surface area contributed by atoms with E-state index in [0.717, 1.165) is 21.7 Å². The number of hydrogen-bond donors (Lipinski definition) is 0. The maximum atomic E-state index is 2.24. The van der Waals surface area contributed by atoms with Crippen LogP contribution >= 0.6 is 23.5 Å². The lowest BCUT2D eigenvalue weighted by molar-refractivity contribution is 0.409. The van der Waals surface area contributed by atoms with Gasteiger partial charge in [-0.25, -0.2) is 0 Å². The normalized spacial score (nSPS) is 57.6. The highest BCUT2D eigenvalue weighted by molar-refractivity contribution is 8.07. The van der Waals surface area contributed by atoms with E-state index in [1.165, 1.54) is 12.2 Å². The molecule has 0 nitrogen and oxygen atoms in total. The lowest BCUT2D eigenvalue weighted by Gasteiger charge is -2.17. The quantitative estimate of drug-likeness (QED) is 0.557. The molecule has 0 aromatic rings. The van der Waals surface area contributed by atoms with Crippen LogP contribution in [0.15, 0.2) is 0 Å². The molecule has 0 aromatic heterocycles. The Labute approximate surface area is 70.5 Å². The zero-order chi connectivity index (χ0) is 6.55. The molecule has 2 heterocycles. The Balaban J connectivity index is 1.65. The summed E-state index contributed by atoms with van der Waals surface area (Å²) in [6.07, 6.45) is 4.65. The van der Waals surface area contributed by atoms with Crippen LogP contribution in [0.5, 0.6) is 0 Å². The molecule has 0 bridgehead atoms. The first-order chi connectivity index (χ1) is 4.93. The molecule has 3 aliphatic rings. The molecule has 2 heteroatoms. The Hall–Kier alpha value is 0.700. The first-order valence-electron chi connectivity index (χ1n) is 4.20. The summed E-state index contributed by atoms with van der Waals surface area (Å²) < 4.78 is 0. The van der Waals surface area contributed by atoms with Crippen molar-refractivity contribution in [3.8, 4) is 0 Å². The fraction of sp³-hybridized carbons (Fsp3) is 1.00. The third kappa shape index (κ3) is 1.00. The summed E-state index contributed by atoms with van der Waals surface area (Å²) in [6, 6.07) is 0. The number of thioether (sulfide) groups is 2. The number of fused-ring (bicyclic) bond motifs is 1. The molecule has 4 unspecified atom stereocenters. The van der Waals surface area contributed by atoms with E-state index in [9.17, 15) is 0 Å². The minimum absolute atomic E-state index is 1.10. The molecule has 10 heavy (non-hydrogen) atoms. The summed E-state index contributed by atoms with van der Waals surface area (Å²) in [5, 5.41) is 3.32. The van der Waals surface area contributed by atoms with Gasteiger partial charge in [0, 0.05) is 21.5 Å². The molecule has 0 N–H and O–H groups in total. The lowest BCUT2D eigenvalue weighted by atomic mass is 9.88. The van der Waals surface area contributed by atoms with Gasteiger partial charge in [0.25, 0.3) is 0 Å². The maximum absolute atomic E-state index is 2.24. The van der Waals surface area contributed by atoms with Crippen molar-refractivity contribution in [2.75, 3.05) is 5.75 Å². The third-order valence-electron chi connectivity index (χ3n) is 2.93. The van der Waals surface area contributed by atoms with Gasteiger partial charge in [0.1, 0.15) is 0 Å². The van der Waals surface area contributed by atoms with Gasteiger partial charge in [0.05, 0.1) is 0 Å². The summed E-state index contributed by atoms with van der Waals surface area (Å²) in [5.41, 5.74) is 0. The van der Waals surface area contributed by atoms with Gasteiger partial charge < -0.3 is 0 Å². The zero-order valence-corrected chi connectivity index (χ0v) is 7.59. The molecule has 1 aliphatic carbocycles. The standard InChI is InChI=1S/C8H12S2/c1-2-6-7(10-6)3-5(1)8-4-9-8/h5-8H,1-4H2. The summed E-state index contributed by atoms with van der Waals surface area (Å²) >= 11 is 4.42. The van der Waals surface area contributed by atoms with Gasteiger partial charge in [-0.2, -0.15) is 23.5 Å². The van der Waals surface area contributed by atoms with Crippen LogP contribution in [0.4, 0.5) is 0 Å². The molecular formula is C8H12S2. The minimum Gasteiger partial charge on any atom is -0.156 e. The molecule has 1 saturated carbocycles. The minimum atomic E-state index is 1.10. The van der Waals surface area contributed by atoms with Crippen LogP contribution in [0, 0.1) is 5.92 Å². The Morgan fingerprint density at radius 1 is 1.00 bits per heavy atom. The predicted molar refractivity (Wildman–Crippen MR) is 48.8 cm³/mol. The first-order valence-corrected chi connectivity index (χ1v) is 6.20. The molecule has 0 amide bonds. The van der Waals surface area contributed by atoms with Crippen molar-refractivity contribution in [1.29, 1.82) is 0 Å². The van der Waals surface area contributed by atoms with E-state index in [1.807, 2.05) is 0 Å². The smallest absolute Gasteiger partial charge is 0.0172 e. The average molecular weight is 172 g/mol. The Morgan fingerprint density at radius 3 is 2.60 bits per heavy atom. The van der Waals surface area contributed by atoms with Crippen molar-refractivity contribution in [2.45, 2.75) is 35.0 Å². The summed E-state index contributed by atoms with van der Waals surface area (Å²) in [5.74, 6) is 2.61. The summed E-state index contributed by atoms with van der Waals surface area (Å²) in [6.45, 7) is 0. The summed E-state index contributed by atoms with van der Waals surface area (Å²) in [7, 11) is 0. The Morgan fingerprint density at radius 2 is 1.90 bits per heavy atom. The van der Waals surface area contributed by atoms with Crippen molar-refractivity contribution >= 4 is 23.5 Å². The Kier molecular flexibility index (Phi) is 1.31. The van der Waals surface area contributed by atoms with Crippen LogP contribution in [0.2, 0.25) is 0 Å².